The maximum Gasteiger partial charge on any atom is 0.242 e. The predicted molar refractivity (Wildman–Crippen MR) is 110 cm³/mol. The van der Waals surface area contributed by atoms with Gasteiger partial charge < -0.3 is 9.80 Å². The molecule has 3 heterocycles. The number of hydrogen-bond acceptors (Lipinski definition) is 5. The van der Waals surface area contributed by atoms with Crippen molar-refractivity contribution < 1.29 is 19.2 Å². The minimum atomic E-state index is -0.208. The summed E-state index contributed by atoms with van der Waals surface area (Å²) in [6, 6.07) is 0. The topological polar surface area (TPSA) is 81.2 Å². The Labute approximate surface area is 178 Å². The molecule has 0 spiro atoms. The molecule has 2 unspecified atom stereocenters. The molecular weight excluding hydrogens is 384 g/mol. The fraction of sp³-hybridized carbons (Fsp3) is 0.818. The van der Waals surface area contributed by atoms with Crippen LogP contribution in [0.15, 0.2) is 0 Å². The lowest BCUT2D eigenvalue weighted by molar-refractivity contribution is -0.147. The van der Waals surface area contributed by atoms with Gasteiger partial charge in [0.2, 0.25) is 23.6 Å². The quantitative estimate of drug-likeness (QED) is 0.628. The molecule has 0 radical (unpaired) electrons. The van der Waals surface area contributed by atoms with Gasteiger partial charge in [-0.25, -0.2) is 0 Å². The highest BCUT2D eigenvalue weighted by Gasteiger charge is 2.48. The van der Waals surface area contributed by atoms with Crippen LogP contribution in [0, 0.1) is 11.8 Å². The highest BCUT2D eigenvalue weighted by molar-refractivity contribution is 6.07. The smallest absolute Gasteiger partial charge is 0.242 e. The molecule has 30 heavy (non-hydrogen) atoms. The van der Waals surface area contributed by atoms with E-state index in [0.717, 1.165) is 51.6 Å². The summed E-state index contributed by atoms with van der Waals surface area (Å²) in [6.45, 7) is 4.38. The fourth-order valence-corrected chi connectivity index (χ4v) is 5.39. The third kappa shape index (κ3) is 4.53. The molecule has 1 saturated carbocycles. The molecular formula is C22H34N4O4. The summed E-state index contributed by atoms with van der Waals surface area (Å²) in [7, 11) is 0. The average Bonchev–Trinajstić information content (AvgIpc) is 2.96. The van der Waals surface area contributed by atoms with Crippen LogP contribution in [-0.4, -0.2) is 95.6 Å². The maximum absolute atomic E-state index is 12.8. The zero-order chi connectivity index (χ0) is 21.1. The van der Waals surface area contributed by atoms with Crippen molar-refractivity contribution in [2.24, 2.45) is 11.8 Å². The highest BCUT2D eigenvalue weighted by Crippen LogP contribution is 2.37. The zero-order valence-electron chi connectivity index (χ0n) is 17.9. The van der Waals surface area contributed by atoms with Gasteiger partial charge >= 0.3 is 0 Å². The standard InChI is InChI=1S/C22H34N4O4/c27-19(24-9-5-1-2-6-10-24)15-23-11-13-25(14-12-23)20(28)16-26-21(29)17-7-3-4-8-18(17)22(26)30/h17-18H,1-16H2. The number of rotatable bonds is 4. The van der Waals surface area contributed by atoms with Crippen LogP contribution in [0.2, 0.25) is 0 Å². The summed E-state index contributed by atoms with van der Waals surface area (Å²) in [5.74, 6) is -0.692. The van der Waals surface area contributed by atoms with Gasteiger partial charge in [-0.3, -0.25) is 29.0 Å². The van der Waals surface area contributed by atoms with Crippen molar-refractivity contribution in [3.63, 3.8) is 0 Å². The van der Waals surface area contributed by atoms with Gasteiger partial charge in [0.05, 0.1) is 18.4 Å². The van der Waals surface area contributed by atoms with E-state index in [0.29, 0.717) is 32.7 Å². The van der Waals surface area contributed by atoms with Crippen molar-refractivity contribution in [1.29, 1.82) is 0 Å². The number of nitrogens with zero attached hydrogens (tertiary/aromatic N) is 4. The van der Waals surface area contributed by atoms with Gasteiger partial charge in [0, 0.05) is 39.3 Å². The first kappa shape index (κ1) is 21.3. The van der Waals surface area contributed by atoms with Crippen LogP contribution in [-0.2, 0) is 19.2 Å². The monoisotopic (exact) mass is 418 g/mol. The van der Waals surface area contributed by atoms with Crippen molar-refractivity contribution in [1.82, 2.24) is 19.6 Å². The Morgan fingerprint density at radius 1 is 0.633 bits per heavy atom. The van der Waals surface area contributed by atoms with Crippen molar-refractivity contribution >= 4 is 23.6 Å². The molecule has 0 aromatic carbocycles. The average molecular weight is 419 g/mol. The van der Waals surface area contributed by atoms with Crippen LogP contribution in [0.3, 0.4) is 0 Å². The third-order valence-electron chi connectivity index (χ3n) is 7.27. The SMILES string of the molecule is O=C(CN1CCN(C(=O)CN2C(=O)C3CCCCC3C2=O)CC1)N1CCCCCC1. The van der Waals surface area contributed by atoms with Crippen LogP contribution in [0.4, 0.5) is 0 Å². The second-order valence-corrected chi connectivity index (χ2v) is 9.21. The summed E-state index contributed by atoms with van der Waals surface area (Å²) < 4.78 is 0. The highest BCUT2D eigenvalue weighted by atomic mass is 16.2. The van der Waals surface area contributed by atoms with E-state index in [1.807, 2.05) is 4.90 Å². The molecule has 166 valence electrons. The fourth-order valence-electron chi connectivity index (χ4n) is 5.39. The minimum absolute atomic E-state index is 0.128. The first-order chi connectivity index (χ1) is 14.5. The second kappa shape index (κ2) is 9.45. The Morgan fingerprint density at radius 3 is 1.70 bits per heavy atom. The molecule has 8 heteroatoms. The maximum atomic E-state index is 12.8. The van der Waals surface area contributed by atoms with Gasteiger partial charge in [-0.1, -0.05) is 25.7 Å². The lowest BCUT2D eigenvalue weighted by Gasteiger charge is -2.35. The number of carbonyl (C=O) groups excluding carboxylic acids is 4. The van der Waals surface area contributed by atoms with Crippen LogP contribution in [0.25, 0.3) is 0 Å². The normalized spacial score (nSPS) is 28.5. The Bertz CT molecular complexity index is 657. The predicted octanol–water partition coefficient (Wildman–Crippen LogP) is 0.708. The van der Waals surface area contributed by atoms with Gasteiger partial charge in [0.15, 0.2) is 0 Å². The Hall–Kier alpha value is -1.96. The first-order valence-electron chi connectivity index (χ1n) is 11.7. The Kier molecular flexibility index (Phi) is 6.71. The summed E-state index contributed by atoms with van der Waals surface area (Å²) in [6.07, 6.45) is 8.09. The van der Waals surface area contributed by atoms with Crippen LogP contribution >= 0.6 is 0 Å². The van der Waals surface area contributed by atoms with E-state index >= 15 is 0 Å². The number of piperazine rings is 1. The molecule has 1 aliphatic carbocycles. The van der Waals surface area contributed by atoms with E-state index in [2.05, 4.69) is 4.90 Å². The molecule has 0 aromatic heterocycles. The number of carbonyl (C=O) groups is 4. The van der Waals surface area contributed by atoms with E-state index in [4.69, 9.17) is 0 Å². The third-order valence-corrected chi connectivity index (χ3v) is 7.27. The molecule has 3 saturated heterocycles. The first-order valence-corrected chi connectivity index (χ1v) is 11.7. The van der Waals surface area contributed by atoms with Gasteiger partial charge in [-0.2, -0.15) is 0 Å². The molecule has 4 rings (SSSR count). The van der Waals surface area contributed by atoms with Gasteiger partial charge in [-0.05, 0) is 25.7 Å². The molecule has 4 fully saturated rings. The summed E-state index contributed by atoms with van der Waals surface area (Å²) >= 11 is 0. The van der Waals surface area contributed by atoms with Crippen LogP contribution in [0.5, 0.6) is 0 Å². The van der Waals surface area contributed by atoms with E-state index in [9.17, 15) is 19.2 Å². The molecule has 4 amide bonds. The summed E-state index contributed by atoms with van der Waals surface area (Å²) in [5, 5.41) is 0. The van der Waals surface area contributed by atoms with E-state index in [1.54, 1.807) is 4.90 Å². The summed E-state index contributed by atoms with van der Waals surface area (Å²) in [5.41, 5.74) is 0. The van der Waals surface area contributed by atoms with Crippen LogP contribution in [0.1, 0.15) is 51.4 Å². The molecule has 0 bridgehead atoms. The van der Waals surface area contributed by atoms with E-state index < -0.39 is 0 Å². The van der Waals surface area contributed by atoms with Gasteiger partial charge in [-0.15, -0.1) is 0 Å². The van der Waals surface area contributed by atoms with Crippen molar-refractivity contribution in [2.45, 2.75) is 51.4 Å². The van der Waals surface area contributed by atoms with Crippen LogP contribution < -0.4 is 0 Å². The number of hydrogen-bond donors (Lipinski definition) is 0. The Balaban J connectivity index is 1.24. The van der Waals surface area contributed by atoms with Crippen molar-refractivity contribution in [3.05, 3.63) is 0 Å². The Morgan fingerprint density at radius 2 is 1.13 bits per heavy atom. The summed E-state index contributed by atoms with van der Waals surface area (Å²) in [4.78, 5) is 57.6. The van der Waals surface area contributed by atoms with Gasteiger partial charge in [0.25, 0.3) is 0 Å². The number of imide groups is 1. The number of fused-ring (bicyclic) bond motifs is 1. The molecule has 0 N–H and O–H groups in total. The molecule has 3 aliphatic heterocycles. The van der Waals surface area contributed by atoms with Gasteiger partial charge in [0.1, 0.15) is 6.54 Å². The van der Waals surface area contributed by atoms with Crippen molar-refractivity contribution in [2.75, 3.05) is 52.4 Å². The largest absolute Gasteiger partial charge is 0.342 e. The van der Waals surface area contributed by atoms with Crippen molar-refractivity contribution in [3.8, 4) is 0 Å². The minimum Gasteiger partial charge on any atom is -0.342 e. The number of likely N-dealkylation sites (tertiary alicyclic amines) is 2. The lowest BCUT2D eigenvalue weighted by Crippen LogP contribution is -2.53. The molecule has 2 atom stereocenters. The molecule has 8 nitrogen and oxygen atoms in total. The van der Waals surface area contributed by atoms with E-state index in [1.165, 1.54) is 17.7 Å². The molecule has 0 aromatic rings. The molecule has 4 aliphatic rings. The second-order valence-electron chi connectivity index (χ2n) is 9.21. The number of amides is 4. The van der Waals surface area contributed by atoms with E-state index in [-0.39, 0.29) is 42.0 Å². The lowest BCUT2D eigenvalue weighted by atomic mass is 9.81. The zero-order valence-corrected chi connectivity index (χ0v) is 17.9.